The van der Waals surface area contributed by atoms with Crippen LogP contribution >= 0.6 is 15.9 Å². The molecule has 0 unspecified atom stereocenters. The summed E-state index contributed by atoms with van der Waals surface area (Å²) in [7, 11) is 3.08. The van der Waals surface area contributed by atoms with Gasteiger partial charge in [-0.05, 0) is 64.0 Å². The number of phenols is 1. The Morgan fingerprint density at radius 2 is 1.88 bits per heavy atom. The monoisotopic (exact) mass is 406 g/mol. The van der Waals surface area contributed by atoms with Gasteiger partial charge in [-0.3, -0.25) is 4.79 Å². The predicted octanol–water partition coefficient (Wildman–Crippen LogP) is 4.08. The van der Waals surface area contributed by atoms with Crippen molar-refractivity contribution in [1.29, 1.82) is 0 Å². The summed E-state index contributed by atoms with van der Waals surface area (Å²) in [5, 5.41) is 9.80. The molecule has 2 aromatic carbocycles. The second kappa shape index (κ2) is 9.25. The number of ether oxygens (including phenoxy) is 3. The molecule has 0 aliphatic rings. The number of rotatable bonds is 8. The first-order valence-electron chi connectivity index (χ1n) is 7.56. The Hall–Kier alpha value is -2.31. The Kier molecular flexibility index (Phi) is 7.03. The number of hydrogen-bond donors (Lipinski definition) is 1. The smallest absolute Gasteiger partial charge is 0.185 e. The number of carbonyl (C=O) groups is 1. The van der Waals surface area contributed by atoms with Crippen LogP contribution in [0, 0.1) is 0 Å². The zero-order valence-electron chi connectivity index (χ0n) is 14.0. The highest BCUT2D eigenvalue weighted by atomic mass is 79.9. The van der Waals surface area contributed by atoms with Crippen LogP contribution in [-0.4, -0.2) is 38.3 Å². The summed E-state index contributed by atoms with van der Waals surface area (Å²) in [5.41, 5.74) is 1.29. The number of methoxy groups -OCH3 is 2. The SMILES string of the molecule is COCCOc1ccc(C(=O)C=Cc2cc(Br)c(O)c(OC)c2)cc1. The van der Waals surface area contributed by atoms with Crippen LogP contribution in [-0.2, 0) is 4.74 Å². The zero-order chi connectivity index (χ0) is 18.2. The van der Waals surface area contributed by atoms with Gasteiger partial charge in [0.25, 0.3) is 0 Å². The van der Waals surface area contributed by atoms with E-state index < -0.39 is 0 Å². The third-order valence-electron chi connectivity index (χ3n) is 3.39. The lowest BCUT2D eigenvalue weighted by Crippen LogP contribution is -2.04. The second-order valence-electron chi connectivity index (χ2n) is 5.12. The number of ketones is 1. The predicted molar refractivity (Wildman–Crippen MR) is 99.5 cm³/mol. The van der Waals surface area contributed by atoms with Gasteiger partial charge in [-0.1, -0.05) is 6.08 Å². The van der Waals surface area contributed by atoms with Crippen LogP contribution < -0.4 is 9.47 Å². The molecule has 0 aromatic heterocycles. The summed E-state index contributed by atoms with van der Waals surface area (Å²) in [6.45, 7) is 0.969. The minimum atomic E-state index is -0.133. The Bertz CT molecular complexity index is 753. The molecule has 0 aliphatic carbocycles. The standard InChI is InChI=1S/C19H19BrO5/c1-23-9-10-25-15-6-4-14(5-7-15)17(21)8-3-13-11-16(20)19(22)18(12-13)24-2/h3-8,11-12,22H,9-10H2,1-2H3. The molecule has 0 saturated heterocycles. The van der Waals surface area contributed by atoms with E-state index in [-0.39, 0.29) is 11.5 Å². The van der Waals surface area contributed by atoms with Crippen molar-refractivity contribution < 1.29 is 24.1 Å². The van der Waals surface area contributed by atoms with Crippen molar-refractivity contribution in [2.45, 2.75) is 0 Å². The molecule has 5 nitrogen and oxygen atoms in total. The van der Waals surface area contributed by atoms with Crippen molar-refractivity contribution in [3.8, 4) is 17.2 Å². The fourth-order valence-electron chi connectivity index (χ4n) is 2.07. The molecule has 25 heavy (non-hydrogen) atoms. The van der Waals surface area contributed by atoms with Crippen LogP contribution in [0.1, 0.15) is 15.9 Å². The van der Waals surface area contributed by atoms with Crippen LogP contribution in [0.5, 0.6) is 17.2 Å². The molecule has 0 fully saturated rings. The third-order valence-corrected chi connectivity index (χ3v) is 4.00. The maximum absolute atomic E-state index is 12.3. The topological polar surface area (TPSA) is 65.0 Å². The van der Waals surface area contributed by atoms with Crippen molar-refractivity contribution in [2.75, 3.05) is 27.4 Å². The Morgan fingerprint density at radius 1 is 1.16 bits per heavy atom. The quantitative estimate of drug-likeness (QED) is 0.406. The molecule has 132 valence electrons. The highest BCUT2D eigenvalue weighted by Gasteiger charge is 2.08. The molecule has 0 saturated carbocycles. The fourth-order valence-corrected chi connectivity index (χ4v) is 2.53. The zero-order valence-corrected chi connectivity index (χ0v) is 15.6. The molecule has 2 aromatic rings. The van der Waals surface area contributed by atoms with Crippen molar-refractivity contribution in [3.63, 3.8) is 0 Å². The Balaban J connectivity index is 2.06. The first kappa shape index (κ1) is 19.0. The first-order valence-corrected chi connectivity index (χ1v) is 8.35. The van der Waals surface area contributed by atoms with Gasteiger partial charge in [0, 0.05) is 12.7 Å². The normalized spacial score (nSPS) is 10.8. The van der Waals surface area contributed by atoms with Crippen molar-refractivity contribution in [1.82, 2.24) is 0 Å². The number of halogens is 1. The molecular formula is C19H19BrO5. The lowest BCUT2D eigenvalue weighted by Gasteiger charge is -2.06. The highest BCUT2D eigenvalue weighted by Crippen LogP contribution is 2.35. The summed E-state index contributed by atoms with van der Waals surface area (Å²) in [4.78, 5) is 12.3. The lowest BCUT2D eigenvalue weighted by molar-refractivity contribution is 0.104. The molecule has 0 radical (unpaired) electrons. The van der Waals surface area contributed by atoms with Crippen molar-refractivity contribution in [3.05, 3.63) is 58.1 Å². The number of allylic oxidation sites excluding steroid dienone is 1. The number of hydrogen-bond acceptors (Lipinski definition) is 5. The summed E-state index contributed by atoms with van der Waals surface area (Å²) in [6.07, 6.45) is 3.14. The van der Waals surface area contributed by atoms with Gasteiger partial charge in [0.1, 0.15) is 12.4 Å². The van der Waals surface area contributed by atoms with Crippen LogP contribution in [0.3, 0.4) is 0 Å². The number of carbonyl (C=O) groups excluding carboxylic acids is 1. The van der Waals surface area contributed by atoms with E-state index >= 15 is 0 Å². The summed E-state index contributed by atoms with van der Waals surface area (Å²) >= 11 is 3.25. The molecule has 0 spiro atoms. The largest absolute Gasteiger partial charge is 0.503 e. The maximum atomic E-state index is 12.3. The van der Waals surface area contributed by atoms with E-state index in [1.165, 1.54) is 13.2 Å². The number of benzene rings is 2. The van der Waals surface area contributed by atoms with Gasteiger partial charge in [0.05, 0.1) is 18.2 Å². The van der Waals surface area contributed by atoms with Gasteiger partial charge in [-0.2, -0.15) is 0 Å². The van der Waals surface area contributed by atoms with Crippen LogP contribution in [0.4, 0.5) is 0 Å². The third kappa shape index (κ3) is 5.34. The fraction of sp³-hybridized carbons (Fsp3) is 0.211. The number of aromatic hydroxyl groups is 1. The van der Waals surface area contributed by atoms with Crippen LogP contribution in [0.25, 0.3) is 6.08 Å². The molecule has 0 amide bonds. The average molecular weight is 407 g/mol. The van der Waals surface area contributed by atoms with E-state index in [0.29, 0.717) is 34.7 Å². The van der Waals surface area contributed by atoms with Crippen LogP contribution in [0.15, 0.2) is 46.9 Å². The van der Waals surface area contributed by atoms with E-state index in [9.17, 15) is 9.90 Å². The van der Waals surface area contributed by atoms with Gasteiger partial charge in [0.2, 0.25) is 0 Å². The molecule has 2 rings (SSSR count). The summed E-state index contributed by atoms with van der Waals surface area (Å²) in [6, 6.07) is 10.3. The lowest BCUT2D eigenvalue weighted by atomic mass is 10.1. The van der Waals surface area contributed by atoms with E-state index in [1.54, 1.807) is 49.6 Å². The van der Waals surface area contributed by atoms with E-state index in [2.05, 4.69) is 15.9 Å². The van der Waals surface area contributed by atoms with Gasteiger partial charge >= 0.3 is 0 Å². The number of phenolic OH excluding ortho intramolecular Hbond substituents is 1. The van der Waals surface area contributed by atoms with E-state index in [4.69, 9.17) is 14.2 Å². The maximum Gasteiger partial charge on any atom is 0.185 e. The van der Waals surface area contributed by atoms with Gasteiger partial charge in [-0.25, -0.2) is 0 Å². The Labute approximate surface area is 155 Å². The highest BCUT2D eigenvalue weighted by molar-refractivity contribution is 9.10. The second-order valence-corrected chi connectivity index (χ2v) is 5.97. The summed E-state index contributed by atoms with van der Waals surface area (Å²) < 4.78 is 16.0. The molecule has 0 aliphatic heterocycles. The van der Waals surface area contributed by atoms with Crippen molar-refractivity contribution >= 4 is 27.8 Å². The minimum absolute atomic E-state index is 0.0232. The summed E-state index contributed by atoms with van der Waals surface area (Å²) in [5.74, 6) is 0.908. The van der Waals surface area contributed by atoms with Crippen molar-refractivity contribution in [2.24, 2.45) is 0 Å². The Morgan fingerprint density at radius 3 is 2.52 bits per heavy atom. The molecular weight excluding hydrogens is 388 g/mol. The van der Waals surface area contributed by atoms with Gasteiger partial charge < -0.3 is 19.3 Å². The minimum Gasteiger partial charge on any atom is -0.503 e. The molecule has 0 atom stereocenters. The van der Waals surface area contributed by atoms with E-state index in [1.807, 2.05) is 0 Å². The van der Waals surface area contributed by atoms with E-state index in [0.717, 1.165) is 5.56 Å². The average Bonchev–Trinajstić information content (AvgIpc) is 2.63. The molecule has 0 bridgehead atoms. The van der Waals surface area contributed by atoms with Gasteiger partial charge in [-0.15, -0.1) is 0 Å². The van der Waals surface area contributed by atoms with Crippen LogP contribution in [0.2, 0.25) is 0 Å². The molecule has 0 heterocycles. The first-order chi connectivity index (χ1) is 12.0. The molecule has 1 N–H and O–H groups in total. The molecule has 6 heteroatoms. The van der Waals surface area contributed by atoms with Gasteiger partial charge in [0.15, 0.2) is 17.3 Å².